The smallest absolute Gasteiger partial charge is 0.261 e. The average Bonchev–Trinajstić information content (AvgIpc) is 3.32. The molecule has 154 valence electrons. The second kappa shape index (κ2) is 10.2. The van der Waals surface area contributed by atoms with Crippen LogP contribution in [0.5, 0.6) is 0 Å². The third-order valence-electron chi connectivity index (χ3n) is 4.95. The number of rotatable bonds is 9. The second-order valence-corrected chi connectivity index (χ2v) is 8.32. The van der Waals surface area contributed by atoms with Gasteiger partial charge in [-0.25, -0.2) is 0 Å². The van der Waals surface area contributed by atoms with Gasteiger partial charge in [0.2, 0.25) is 0 Å². The van der Waals surface area contributed by atoms with Crippen LogP contribution in [0.15, 0.2) is 46.8 Å². The fourth-order valence-electron chi connectivity index (χ4n) is 3.38. The van der Waals surface area contributed by atoms with Crippen molar-refractivity contribution in [2.45, 2.75) is 26.2 Å². The quantitative estimate of drug-likeness (QED) is 0.287. The highest BCUT2D eigenvalue weighted by Gasteiger charge is 2.34. The van der Waals surface area contributed by atoms with E-state index in [-0.39, 0.29) is 11.8 Å². The minimum Gasteiger partial charge on any atom is -0.356 e. The van der Waals surface area contributed by atoms with E-state index >= 15 is 0 Å². The van der Waals surface area contributed by atoms with E-state index in [2.05, 4.69) is 40.1 Å². The number of benzene rings is 1. The van der Waals surface area contributed by atoms with Crippen molar-refractivity contribution in [2.75, 3.05) is 26.7 Å². The summed E-state index contributed by atoms with van der Waals surface area (Å²) < 4.78 is 0. The molecule has 29 heavy (non-hydrogen) atoms. The Labute approximate surface area is 176 Å². The Morgan fingerprint density at radius 1 is 1.07 bits per heavy atom. The first-order chi connectivity index (χ1) is 14.1. The number of imide groups is 1. The lowest BCUT2D eigenvalue weighted by molar-refractivity contribution is 0.0652. The topological polar surface area (TPSA) is 73.8 Å². The Hall–Kier alpha value is -2.67. The van der Waals surface area contributed by atoms with Gasteiger partial charge in [0.1, 0.15) is 0 Å². The number of thiophene rings is 1. The van der Waals surface area contributed by atoms with Gasteiger partial charge in [0, 0.05) is 31.6 Å². The fraction of sp³-hybridized carbons (Fsp3) is 0.409. The van der Waals surface area contributed by atoms with Crippen LogP contribution in [-0.2, 0) is 6.42 Å². The number of amides is 2. The van der Waals surface area contributed by atoms with E-state index in [9.17, 15) is 9.59 Å². The van der Waals surface area contributed by atoms with Crippen LogP contribution in [0.1, 0.15) is 45.4 Å². The van der Waals surface area contributed by atoms with E-state index in [0.29, 0.717) is 23.6 Å². The van der Waals surface area contributed by atoms with Gasteiger partial charge in [0.15, 0.2) is 5.96 Å². The van der Waals surface area contributed by atoms with Gasteiger partial charge in [0.25, 0.3) is 11.8 Å². The number of nitrogens with one attached hydrogen (secondary N) is 2. The van der Waals surface area contributed by atoms with Crippen molar-refractivity contribution < 1.29 is 9.59 Å². The maximum atomic E-state index is 12.3. The highest BCUT2D eigenvalue weighted by atomic mass is 32.1. The fourth-order valence-corrected chi connectivity index (χ4v) is 4.25. The highest BCUT2D eigenvalue weighted by Crippen LogP contribution is 2.22. The number of carbonyl (C=O) groups is 2. The van der Waals surface area contributed by atoms with Gasteiger partial charge in [-0.3, -0.25) is 19.5 Å². The summed E-state index contributed by atoms with van der Waals surface area (Å²) in [6.07, 6.45) is 2.66. The predicted octanol–water partition coefficient (Wildman–Crippen LogP) is 3.17. The normalized spacial score (nSPS) is 14.8. The van der Waals surface area contributed by atoms with Gasteiger partial charge >= 0.3 is 0 Å². The number of fused-ring (bicyclic) bond motifs is 1. The van der Waals surface area contributed by atoms with Gasteiger partial charge in [-0.1, -0.05) is 25.1 Å². The Kier molecular flexibility index (Phi) is 7.41. The van der Waals surface area contributed by atoms with E-state index in [4.69, 9.17) is 0 Å². The minimum absolute atomic E-state index is 0.184. The summed E-state index contributed by atoms with van der Waals surface area (Å²) in [5, 5.41) is 8.78. The number of hydrogen-bond acceptors (Lipinski definition) is 4. The van der Waals surface area contributed by atoms with Gasteiger partial charge in [-0.05, 0) is 48.8 Å². The molecule has 1 aromatic carbocycles. The number of aliphatic imine (C=N–C) groups is 1. The van der Waals surface area contributed by atoms with Gasteiger partial charge in [-0.15, -0.1) is 11.3 Å². The first-order valence-corrected chi connectivity index (χ1v) is 10.9. The van der Waals surface area contributed by atoms with Crippen LogP contribution in [0, 0.1) is 5.92 Å². The van der Waals surface area contributed by atoms with Crippen molar-refractivity contribution in [3.05, 3.63) is 57.8 Å². The number of nitrogens with zero attached hydrogens (tertiary/aromatic N) is 2. The summed E-state index contributed by atoms with van der Waals surface area (Å²) in [5.74, 6) is 0.927. The molecule has 0 spiro atoms. The third-order valence-corrected chi connectivity index (χ3v) is 5.85. The molecule has 1 aliphatic rings. The summed E-state index contributed by atoms with van der Waals surface area (Å²) in [7, 11) is 1.76. The monoisotopic (exact) mass is 412 g/mol. The number of carbonyl (C=O) groups excluding carboxylic acids is 2. The van der Waals surface area contributed by atoms with E-state index in [0.717, 1.165) is 38.3 Å². The molecule has 2 heterocycles. The molecule has 1 atom stereocenters. The zero-order valence-corrected chi connectivity index (χ0v) is 17.8. The number of unbranched alkanes of at least 4 members (excludes halogenated alkanes) is 1. The average molecular weight is 413 g/mol. The molecule has 3 rings (SSSR count). The molecule has 0 saturated heterocycles. The summed E-state index contributed by atoms with van der Waals surface area (Å²) in [5.41, 5.74) is 1.02. The Morgan fingerprint density at radius 2 is 1.79 bits per heavy atom. The molecule has 2 aromatic rings. The second-order valence-electron chi connectivity index (χ2n) is 7.28. The lowest BCUT2D eigenvalue weighted by atomic mass is 10.1. The van der Waals surface area contributed by atoms with Crippen LogP contribution in [0.4, 0.5) is 0 Å². The Morgan fingerprint density at radius 3 is 2.41 bits per heavy atom. The van der Waals surface area contributed by atoms with E-state index in [1.807, 2.05) is 0 Å². The summed E-state index contributed by atoms with van der Waals surface area (Å²) >= 11 is 1.79. The molecule has 1 aromatic heterocycles. The number of guanidine groups is 1. The lowest BCUT2D eigenvalue weighted by Gasteiger charge is -2.16. The molecular weight excluding hydrogens is 384 g/mol. The molecule has 2 amide bonds. The minimum atomic E-state index is -0.184. The predicted molar refractivity (Wildman–Crippen MR) is 118 cm³/mol. The summed E-state index contributed by atoms with van der Waals surface area (Å²) in [6, 6.07) is 11.3. The van der Waals surface area contributed by atoms with Crippen LogP contribution in [0.25, 0.3) is 0 Å². The third kappa shape index (κ3) is 5.44. The van der Waals surface area contributed by atoms with Gasteiger partial charge in [-0.2, -0.15) is 0 Å². The maximum absolute atomic E-state index is 12.3. The van der Waals surface area contributed by atoms with E-state index in [1.165, 1.54) is 9.78 Å². The standard InChI is InChI=1S/C22H28N4O2S/c1-16(14-17-8-7-13-29-17)15-25-22(23-2)24-11-5-6-12-26-20(27)18-9-3-4-10-19(18)21(26)28/h3-4,7-10,13,16H,5-6,11-12,14-15H2,1-2H3,(H2,23,24,25). The summed E-state index contributed by atoms with van der Waals surface area (Å²) in [6.45, 7) is 4.26. The lowest BCUT2D eigenvalue weighted by Crippen LogP contribution is -2.40. The Bertz CT molecular complexity index is 828. The van der Waals surface area contributed by atoms with Crippen molar-refractivity contribution in [2.24, 2.45) is 10.9 Å². The molecule has 1 unspecified atom stereocenters. The van der Waals surface area contributed by atoms with Crippen molar-refractivity contribution in [3.63, 3.8) is 0 Å². The van der Waals surface area contributed by atoms with Crippen LogP contribution >= 0.6 is 11.3 Å². The van der Waals surface area contributed by atoms with Crippen LogP contribution < -0.4 is 10.6 Å². The first-order valence-electron chi connectivity index (χ1n) is 10.0. The molecule has 0 fully saturated rings. The highest BCUT2D eigenvalue weighted by molar-refractivity contribution is 7.09. The molecule has 0 saturated carbocycles. The zero-order valence-electron chi connectivity index (χ0n) is 17.0. The van der Waals surface area contributed by atoms with Crippen molar-refractivity contribution in [1.29, 1.82) is 0 Å². The largest absolute Gasteiger partial charge is 0.356 e. The number of hydrogen-bond donors (Lipinski definition) is 2. The van der Waals surface area contributed by atoms with E-state index < -0.39 is 0 Å². The maximum Gasteiger partial charge on any atom is 0.261 e. The molecule has 2 N–H and O–H groups in total. The molecule has 0 bridgehead atoms. The zero-order chi connectivity index (χ0) is 20.6. The van der Waals surface area contributed by atoms with Crippen molar-refractivity contribution in [3.8, 4) is 0 Å². The van der Waals surface area contributed by atoms with E-state index in [1.54, 1.807) is 42.6 Å². The molecule has 0 radical (unpaired) electrons. The molecule has 1 aliphatic heterocycles. The SMILES string of the molecule is CN=C(NCCCCN1C(=O)c2ccccc2C1=O)NCC(C)Cc1cccs1. The summed E-state index contributed by atoms with van der Waals surface area (Å²) in [4.78, 5) is 31.7. The molecular formula is C22H28N4O2S. The van der Waals surface area contributed by atoms with Crippen molar-refractivity contribution >= 4 is 29.1 Å². The Balaban J connectivity index is 1.33. The van der Waals surface area contributed by atoms with Crippen LogP contribution in [0.2, 0.25) is 0 Å². The van der Waals surface area contributed by atoms with Gasteiger partial charge in [0.05, 0.1) is 11.1 Å². The molecule has 0 aliphatic carbocycles. The molecule has 6 nitrogen and oxygen atoms in total. The van der Waals surface area contributed by atoms with Crippen LogP contribution in [0.3, 0.4) is 0 Å². The first kappa shape index (κ1) is 21.0. The van der Waals surface area contributed by atoms with Crippen LogP contribution in [-0.4, -0.2) is 49.4 Å². The van der Waals surface area contributed by atoms with Crippen molar-refractivity contribution in [1.82, 2.24) is 15.5 Å². The van der Waals surface area contributed by atoms with Gasteiger partial charge < -0.3 is 10.6 Å². The molecule has 7 heteroatoms.